The van der Waals surface area contributed by atoms with E-state index in [1.807, 2.05) is 18.2 Å². The lowest BCUT2D eigenvalue weighted by atomic mass is 10.2. The number of ether oxygens (including phenoxy) is 1. The Labute approximate surface area is 138 Å². The van der Waals surface area contributed by atoms with E-state index in [1.165, 1.54) is 0 Å². The molecule has 1 saturated heterocycles. The second-order valence-electron chi connectivity index (χ2n) is 5.20. The summed E-state index contributed by atoms with van der Waals surface area (Å²) in [4.78, 5) is 19.2. The molecule has 1 aliphatic rings. The lowest BCUT2D eigenvalue weighted by molar-refractivity contribution is 0.0383. The molecule has 0 bridgehead atoms. The molecular formula is C15H19N5O2S. The molecule has 1 fully saturated rings. The van der Waals surface area contributed by atoms with Crippen molar-refractivity contribution in [2.75, 3.05) is 45.1 Å². The average molecular weight is 333 g/mol. The van der Waals surface area contributed by atoms with Crippen molar-refractivity contribution in [2.24, 2.45) is 0 Å². The molecule has 1 aliphatic heterocycles. The molecule has 3 rings (SSSR count). The van der Waals surface area contributed by atoms with Crippen LogP contribution < -0.4 is 11.1 Å². The lowest BCUT2D eigenvalue weighted by Gasteiger charge is -2.26. The Morgan fingerprint density at radius 2 is 2.22 bits per heavy atom. The minimum atomic E-state index is -0.185. The smallest absolute Gasteiger partial charge is 0.265 e. The summed E-state index contributed by atoms with van der Waals surface area (Å²) in [6.07, 6.45) is 1.68. The Bertz CT molecular complexity index is 655. The number of nitrogens with two attached hydrogens (primary N) is 1. The van der Waals surface area contributed by atoms with Crippen LogP contribution in [0.4, 0.5) is 5.69 Å². The number of carbonyl (C=O) groups is 1. The highest BCUT2D eigenvalue weighted by Crippen LogP contribution is 2.29. The fraction of sp³-hybridized carbons (Fsp3) is 0.400. The maximum atomic E-state index is 12.3. The van der Waals surface area contributed by atoms with Crippen LogP contribution in [-0.2, 0) is 4.74 Å². The Kier molecular flexibility index (Phi) is 5.16. The monoisotopic (exact) mass is 333 g/mol. The molecule has 0 atom stereocenters. The second kappa shape index (κ2) is 7.49. The maximum Gasteiger partial charge on any atom is 0.265 e. The summed E-state index contributed by atoms with van der Waals surface area (Å²) in [6, 6.07) is 5.51. The van der Waals surface area contributed by atoms with Gasteiger partial charge in [-0.2, -0.15) is 4.37 Å². The van der Waals surface area contributed by atoms with Crippen LogP contribution >= 0.6 is 11.5 Å². The number of rotatable bonds is 5. The molecule has 0 saturated carbocycles. The van der Waals surface area contributed by atoms with Gasteiger partial charge in [0.1, 0.15) is 10.6 Å². The van der Waals surface area contributed by atoms with Gasteiger partial charge in [-0.25, -0.2) is 0 Å². The van der Waals surface area contributed by atoms with Crippen LogP contribution in [0.15, 0.2) is 24.4 Å². The van der Waals surface area contributed by atoms with E-state index in [0.29, 0.717) is 28.5 Å². The number of carbonyl (C=O) groups excluding carboxylic acids is 1. The predicted molar refractivity (Wildman–Crippen MR) is 89.3 cm³/mol. The van der Waals surface area contributed by atoms with Gasteiger partial charge < -0.3 is 15.8 Å². The molecule has 8 heteroatoms. The first-order valence-corrected chi connectivity index (χ1v) is 8.28. The van der Waals surface area contributed by atoms with Gasteiger partial charge in [-0.15, -0.1) is 0 Å². The molecule has 0 aliphatic carbocycles. The van der Waals surface area contributed by atoms with Gasteiger partial charge in [0.2, 0.25) is 0 Å². The molecule has 1 amide bonds. The number of nitrogens with zero attached hydrogens (tertiary/aromatic N) is 3. The summed E-state index contributed by atoms with van der Waals surface area (Å²) in [5.74, 6) is -0.185. The van der Waals surface area contributed by atoms with E-state index in [-0.39, 0.29) is 5.91 Å². The molecule has 0 radical (unpaired) electrons. The Hall–Kier alpha value is -2.03. The molecule has 23 heavy (non-hydrogen) atoms. The topological polar surface area (TPSA) is 93.4 Å². The standard InChI is InChI=1S/C15H19N5O2S/c16-12-13(11-3-1-2-4-17-11)19-23-14(12)15(21)18-5-6-20-7-9-22-10-8-20/h1-4H,5-10,16H2,(H,18,21). The molecule has 2 aromatic rings. The SMILES string of the molecule is Nc1c(-c2ccccn2)nsc1C(=O)NCCN1CCOCC1. The van der Waals surface area contributed by atoms with E-state index in [1.54, 1.807) is 6.20 Å². The van der Waals surface area contributed by atoms with Crippen molar-refractivity contribution in [1.82, 2.24) is 19.6 Å². The number of pyridine rings is 1. The molecule has 0 spiro atoms. The van der Waals surface area contributed by atoms with Crippen molar-refractivity contribution < 1.29 is 9.53 Å². The third kappa shape index (κ3) is 3.84. The van der Waals surface area contributed by atoms with Gasteiger partial charge >= 0.3 is 0 Å². The van der Waals surface area contributed by atoms with Crippen LogP contribution in [0.1, 0.15) is 9.67 Å². The number of hydrogen-bond acceptors (Lipinski definition) is 7. The minimum absolute atomic E-state index is 0.185. The van der Waals surface area contributed by atoms with Crippen molar-refractivity contribution in [3.63, 3.8) is 0 Å². The molecule has 0 unspecified atom stereocenters. The quantitative estimate of drug-likeness (QED) is 0.842. The van der Waals surface area contributed by atoms with Crippen LogP contribution in [0.25, 0.3) is 11.4 Å². The molecule has 0 aromatic carbocycles. The second-order valence-corrected chi connectivity index (χ2v) is 5.97. The molecule has 2 aromatic heterocycles. The molecule has 7 nitrogen and oxygen atoms in total. The average Bonchev–Trinajstić information content (AvgIpc) is 2.98. The van der Waals surface area contributed by atoms with Crippen molar-refractivity contribution in [2.45, 2.75) is 0 Å². The summed E-state index contributed by atoms with van der Waals surface area (Å²) < 4.78 is 9.57. The van der Waals surface area contributed by atoms with Gasteiger partial charge in [-0.1, -0.05) is 6.07 Å². The lowest BCUT2D eigenvalue weighted by Crippen LogP contribution is -2.41. The van der Waals surface area contributed by atoms with E-state index in [0.717, 1.165) is 44.4 Å². The summed E-state index contributed by atoms with van der Waals surface area (Å²) in [5, 5.41) is 2.90. The largest absolute Gasteiger partial charge is 0.396 e. The first kappa shape index (κ1) is 15.9. The van der Waals surface area contributed by atoms with E-state index >= 15 is 0 Å². The van der Waals surface area contributed by atoms with E-state index in [2.05, 4.69) is 19.6 Å². The summed E-state index contributed by atoms with van der Waals surface area (Å²) in [7, 11) is 0. The van der Waals surface area contributed by atoms with Crippen LogP contribution in [0.2, 0.25) is 0 Å². The molecule has 122 valence electrons. The Balaban J connectivity index is 1.58. The van der Waals surface area contributed by atoms with Gasteiger partial charge in [0.15, 0.2) is 0 Å². The summed E-state index contributed by atoms with van der Waals surface area (Å²) in [6.45, 7) is 4.70. The first-order valence-electron chi connectivity index (χ1n) is 7.50. The number of anilines is 1. The van der Waals surface area contributed by atoms with Gasteiger partial charge in [-0.3, -0.25) is 14.7 Å². The highest BCUT2D eigenvalue weighted by Gasteiger charge is 2.19. The predicted octanol–water partition coefficient (Wildman–Crippen LogP) is 0.849. The first-order chi connectivity index (χ1) is 11.3. The summed E-state index contributed by atoms with van der Waals surface area (Å²) >= 11 is 1.10. The Morgan fingerprint density at radius 3 is 2.96 bits per heavy atom. The van der Waals surface area contributed by atoms with Crippen LogP contribution in [0, 0.1) is 0 Å². The van der Waals surface area contributed by atoms with Crippen LogP contribution in [0.3, 0.4) is 0 Å². The highest BCUT2D eigenvalue weighted by atomic mass is 32.1. The zero-order valence-corrected chi connectivity index (χ0v) is 13.5. The van der Waals surface area contributed by atoms with E-state index < -0.39 is 0 Å². The normalized spacial score (nSPS) is 15.5. The fourth-order valence-electron chi connectivity index (χ4n) is 2.38. The fourth-order valence-corrected chi connectivity index (χ4v) is 3.11. The third-order valence-electron chi connectivity index (χ3n) is 3.66. The number of amides is 1. The van der Waals surface area contributed by atoms with Crippen molar-refractivity contribution in [3.8, 4) is 11.4 Å². The van der Waals surface area contributed by atoms with E-state index in [9.17, 15) is 4.79 Å². The van der Waals surface area contributed by atoms with Gasteiger partial charge in [0.25, 0.3) is 5.91 Å². The van der Waals surface area contributed by atoms with Gasteiger partial charge in [-0.05, 0) is 23.7 Å². The summed E-state index contributed by atoms with van der Waals surface area (Å²) in [5.41, 5.74) is 7.70. The van der Waals surface area contributed by atoms with Gasteiger partial charge in [0.05, 0.1) is 24.6 Å². The number of morpholine rings is 1. The minimum Gasteiger partial charge on any atom is -0.396 e. The van der Waals surface area contributed by atoms with Crippen molar-refractivity contribution in [3.05, 3.63) is 29.3 Å². The number of hydrogen-bond donors (Lipinski definition) is 2. The number of nitrogen functional groups attached to an aromatic ring is 1. The zero-order chi connectivity index (χ0) is 16.1. The van der Waals surface area contributed by atoms with Crippen molar-refractivity contribution in [1.29, 1.82) is 0 Å². The zero-order valence-electron chi connectivity index (χ0n) is 12.7. The third-order valence-corrected chi connectivity index (χ3v) is 4.52. The van der Waals surface area contributed by atoms with E-state index in [4.69, 9.17) is 10.5 Å². The Morgan fingerprint density at radius 1 is 1.39 bits per heavy atom. The number of aromatic nitrogens is 2. The van der Waals surface area contributed by atoms with Gasteiger partial charge in [0, 0.05) is 32.4 Å². The highest BCUT2D eigenvalue weighted by molar-refractivity contribution is 7.09. The van der Waals surface area contributed by atoms with Crippen molar-refractivity contribution >= 4 is 23.1 Å². The van der Waals surface area contributed by atoms with Crippen LogP contribution in [0.5, 0.6) is 0 Å². The number of nitrogens with one attached hydrogen (secondary N) is 1. The maximum absolute atomic E-state index is 12.3. The molecule has 3 heterocycles. The van der Waals surface area contributed by atoms with Crippen LogP contribution in [-0.4, -0.2) is 59.6 Å². The molecule has 3 N–H and O–H groups in total. The molecular weight excluding hydrogens is 314 g/mol.